The van der Waals surface area contributed by atoms with E-state index < -0.39 is 52.8 Å². The molecule has 0 saturated carbocycles. The van der Waals surface area contributed by atoms with E-state index in [9.17, 15) is 39.6 Å². The van der Waals surface area contributed by atoms with Gasteiger partial charge in [-0.05, 0) is 18.8 Å². The van der Waals surface area contributed by atoms with Crippen molar-refractivity contribution in [1.82, 2.24) is 4.90 Å². The molecule has 13 heteroatoms. The maximum absolute atomic E-state index is 12.8. The third-order valence-electron chi connectivity index (χ3n) is 3.07. The summed E-state index contributed by atoms with van der Waals surface area (Å²) >= 11 is 0. The summed E-state index contributed by atoms with van der Waals surface area (Å²) in [5, 5.41) is 8.64. The maximum Gasteiger partial charge on any atom is 0.523 e. The van der Waals surface area contributed by atoms with Gasteiger partial charge in [-0.1, -0.05) is 0 Å². The fourth-order valence-electron chi connectivity index (χ4n) is 1.98. The van der Waals surface area contributed by atoms with Crippen molar-refractivity contribution in [2.24, 2.45) is 5.92 Å². The molecule has 1 heterocycles. The highest BCUT2D eigenvalue weighted by atomic mass is 32.2. The summed E-state index contributed by atoms with van der Waals surface area (Å²) in [6, 6.07) is 0. The topological polar surface area (TPSA) is 83.9 Å². The zero-order chi connectivity index (χ0) is 17.3. The number of likely N-dealkylation sites (tertiary alicyclic amines) is 1. The summed E-state index contributed by atoms with van der Waals surface area (Å²) in [5.74, 6) is -1.59. The number of piperidine rings is 1. The molecule has 22 heavy (non-hydrogen) atoms. The van der Waals surface area contributed by atoms with E-state index in [0.29, 0.717) is 0 Å². The molecule has 1 saturated heterocycles. The van der Waals surface area contributed by atoms with Crippen molar-refractivity contribution in [2.75, 3.05) is 13.1 Å². The van der Waals surface area contributed by atoms with Crippen LogP contribution in [0.25, 0.3) is 0 Å². The van der Waals surface area contributed by atoms with Gasteiger partial charge >= 0.3 is 27.9 Å². The van der Waals surface area contributed by atoms with E-state index in [4.69, 9.17) is 5.11 Å². The predicted octanol–water partition coefficient (Wildman–Crippen LogP) is 2.17. The third-order valence-corrected chi connectivity index (χ3v) is 4.10. The lowest BCUT2D eigenvalue weighted by Gasteiger charge is -2.34. The minimum Gasteiger partial charge on any atom is -0.465 e. The Morgan fingerprint density at radius 1 is 1.14 bits per heavy atom. The van der Waals surface area contributed by atoms with Crippen LogP contribution in [0.4, 0.5) is 31.1 Å². The molecule has 0 aromatic heterocycles. The van der Waals surface area contributed by atoms with Gasteiger partial charge in [0, 0.05) is 13.1 Å². The van der Waals surface area contributed by atoms with E-state index in [-0.39, 0.29) is 13.1 Å². The van der Waals surface area contributed by atoms with Crippen molar-refractivity contribution < 1.29 is 48.8 Å². The average molecular weight is 359 g/mol. The van der Waals surface area contributed by atoms with Gasteiger partial charge in [0.2, 0.25) is 0 Å². The standard InChI is InChI=1S/C9H11F6NO5S/c10-8(11,12)6(21-22(19,20)9(13,14)15)5-1-3-16(4-2-5)7(17)18/h5-6H,1-4H2,(H,17,18). The largest absolute Gasteiger partial charge is 0.523 e. The second-order valence-corrected chi connectivity index (χ2v) is 6.13. The molecular formula is C9H11F6NO5S. The number of nitrogens with zero attached hydrogens (tertiary/aromatic N) is 1. The van der Waals surface area contributed by atoms with Gasteiger partial charge in [-0.3, -0.25) is 0 Å². The van der Waals surface area contributed by atoms with E-state index in [1.54, 1.807) is 0 Å². The molecule has 0 bridgehead atoms. The number of carboxylic acid groups (broad SMARTS) is 1. The molecule has 1 fully saturated rings. The zero-order valence-electron chi connectivity index (χ0n) is 10.7. The molecule has 1 aliphatic heterocycles. The van der Waals surface area contributed by atoms with Crippen LogP contribution in [-0.2, 0) is 14.3 Å². The molecule has 1 unspecified atom stereocenters. The molecule has 1 aliphatic rings. The minimum absolute atomic E-state index is 0.359. The summed E-state index contributed by atoms with van der Waals surface area (Å²) < 4.78 is 99.7. The molecule has 1 N–H and O–H groups in total. The van der Waals surface area contributed by atoms with Crippen molar-refractivity contribution in [2.45, 2.75) is 30.6 Å². The van der Waals surface area contributed by atoms with Crippen LogP contribution < -0.4 is 0 Å². The second kappa shape index (κ2) is 6.10. The van der Waals surface area contributed by atoms with Crippen LogP contribution in [0.1, 0.15) is 12.8 Å². The number of alkyl halides is 6. The molecule has 0 aromatic carbocycles. The summed E-state index contributed by atoms with van der Waals surface area (Å²) in [7, 11) is -6.41. The lowest BCUT2D eigenvalue weighted by molar-refractivity contribution is -0.215. The molecule has 1 atom stereocenters. The highest BCUT2D eigenvalue weighted by Crippen LogP contribution is 2.37. The highest BCUT2D eigenvalue weighted by Gasteiger charge is 2.55. The van der Waals surface area contributed by atoms with Gasteiger partial charge in [0.1, 0.15) is 0 Å². The maximum atomic E-state index is 12.8. The van der Waals surface area contributed by atoms with Crippen LogP contribution in [0, 0.1) is 5.92 Å². The van der Waals surface area contributed by atoms with E-state index >= 15 is 0 Å². The highest BCUT2D eigenvalue weighted by molar-refractivity contribution is 7.87. The molecule has 1 amide bonds. The fourth-order valence-corrected chi connectivity index (χ4v) is 2.63. The first-order valence-corrected chi connectivity index (χ1v) is 7.20. The Kier molecular flexibility index (Phi) is 5.22. The van der Waals surface area contributed by atoms with E-state index in [2.05, 4.69) is 4.18 Å². The lowest BCUT2D eigenvalue weighted by Crippen LogP contribution is -2.48. The monoisotopic (exact) mass is 359 g/mol. The van der Waals surface area contributed by atoms with Gasteiger partial charge in [0.25, 0.3) is 0 Å². The minimum atomic E-state index is -6.41. The molecule has 6 nitrogen and oxygen atoms in total. The smallest absolute Gasteiger partial charge is 0.465 e. The molecular weight excluding hydrogens is 348 g/mol. The molecule has 0 spiro atoms. The van der Waals surface area contributed by atoms with Crippen molar-refractivity contribution in [3.8, 4) is 0 Å². The van der Waals surface area contributed by atoms with Crippen molar-refractivity contribution in [3.05, 3.63) is 0 Å². The van der Waals surface area contributed by atoms with Crippen LogP contribution >= 0.6 is 0 Å². The Morgan fingerprint density at radius 3 is 1.91 bits per heavy atom. The molecule has 1 rings (SSSR count). The number of amides is 1. The number of carbonyl (C=O) groups is 1. The SMILES string of the molecule is O=C(O)N1CCC(C(OS(=O)(=O)C(F)(F)F)C(F)(F)F)CC1. The van der Waals surface area contributed by atoms with E-state index in [1.165, 1.54) is 0 Å². The fraction of sp³-hybridized carbons (Fsp3) is 0.889. The first-order chi connectivity index (χ1) is 9.75. The molecule has 0 aromatic rings. The van der Waals surface area contributed by atoms with Gasteiger partial charge in [-0.25, -0.2) is 8.98 Å². The normalized spacial score (nSPS) is 20.0. The van der Waals surface area contributed by atoms with Gasteiger partial charge in [0.15, 0.2) is 6.10 Å². The van der Waals surface area contributed by atoms with Gasteiger partial charge in [-0.2, -0.15) is 34.8 Å². The zero-order valence-corrected chi connectivity index (χ0v) is 11.5. The summed E-state index contributed by atoms with van der Waals surface area (Å²) in [4.78, 5) is 11.4. The number of halogens is 6. The Morgan fingerprint density at radius 2 is 1.59 bits per heavy atom. The molecule has 0 radical (unpaired) electrons. The van der Waals surface area contributed by atoms with Crippen molar-refractivity contribution in [1.29, 1.82) is 0 Å². The average Bonchev–Trinajstić information content (AvgIpc) is 2.33. The Bertz CT molecular complexity index is 508. The Hall–Kier alpha value is -1.24. The Balaban J connectivity index is 2.91. The van der Waals surface area contributed by atoms with E-state index in [0.717, 1.165) is 4.90 Å². The van der Waals surface area contributed by atoms with Crippen molar-refractivity contribution >= 4 is 16.2 Å². The summed E-state index contributed by atoms with van der Waals surface area (Å²) in [6.45, 7) is -0.718. The Labute approximate surface area is 120 Å². The predicted molar refractivity (Wildman–Crippen MR) is 58.2 cm³/mol. The van der Waals surface area contributed by atoms with Gasteiger partial charge in [-0.15, -0.1) is 0 Å². The number of hydrogen-bond donors (Lipinski definition) is 1. The van der Waals surface area contributed by atoms with Crippen LogP contribution in [0.15, 0.2) is 0 Å². The first-order valence-electron chi connectivity index (χ1n) is 5.80. The first kappa shape index (κ1) is 18.8. The van der Waals surface area contributed by atoms with Crippen molar-refractivity contribution in [3.63, 3.8) is 0 Å². The lowest BCUT2D eigenvalue weighted by atomic mass is 9.91. The van der Waals surface area contributed by atoms with Gasteiger partial charge in [0.05, 0.1) is 0 Å². The van der Waals surface area contributed by atoms with Crippen LogP contribution in [-0.4, -0.2) is 55.4 Å². The summed E-state index contributed by atoms with van der Waals surface area (Å²) in [6.07, 6.45) is -10.8. The van der Waals surface area contributed by atoms with Crippen LogP contribution in [0.3, 0.4) is 0 Å². The van der Waals surface area contributed by atoms with E-state index in [1.807, 2.05) is 0 Å². The quantitative estimate of drug-likeness (QED) is 0.474. The molecule has 0 aliphatic carbocycles. The number of rotatable bonds is 3. The van der Waals surface area contributed by atoms with Gasteiger partial charge < -0.3 is 10.0 Å². The van der Waals surface area contributed by atoms with Crippen LogP contribution in [0.2, 0.25) is 0 Å². The number of hydrogen-bond acceptors (Lipinski definition) is 4. The summed E-state index contributed by atoms with van der Waals surface area (Å²) in [5.41, 5.74) is -5.97. The molecule has 130 valence electrons. The second-order valence-electron chi connectivity index (χ2n) is 4.57. The van der Waals surface area contributed by atoms with Crippen LogP contribution in [0.5, 0.6) is 0 Å². The third kappa shape index (κ3) is 4.38.